The molecule has 0 aliphatic heterocycles. The Morgan fingerprint density at radius 3 is 2.79 bits per heavy atom. The topological polar surface area (TPSA) is 112 Å². The monoisotopic (exact) mass is 525 g/mol. The van der Waals surface area contributed by atoms with Gasteiger partial charge in [-0.3, -0.25) is 14.9 Å². The maximum atomic E-state index is 15.2. The Morgan fingerprint density at radius 2 is 2.00 bits per heavy atom. The highest BCUT2D eigenvalue weighted by Gasteiger charge is 2.19. The van der Waals surface area contributed by atoms with Crippen LogP contribution in [0.25, 0.3) is 55.2 Å². The molecule has 0 saturated carbocycles. The zero-order chi connectivity index (χ0) is 26.4. The Hall–Kier alpha value is -4.44. The third kappa shape index (κ3) is 4.54. The van der Waals surface area contributed by atoms with Crippen LogP contribution in [0.4, 0.5) is 10.1 Å². The summed E-state index contributed by atoms with van der Waals surface area (Å²) in [4.78, 5) is 30.2. The van der Waals surface area contributed by atoms with Crippen molar-refractivity contribution in [1.82, 2.24) is 30.1 Å². The number of fused-ring (bicyclic) bond motifs is 2. The maximum Gasteiger partial charge on any atom is 0.224 e. The Kier molecular flexibility index (Phi) is 5.76. The third-order valence-corrected chi connectivity index (χ3v) is 6.98. The van der Waals surface area contributed by atoms with Crippen molar-refractivity contribution < 1.29 is 9.18 Å². The number of pyridine rings is 2. The van der Waals surface area contributed by atoms with Crippen molar-refractivity contribution in [2.45, 2.75) is 27.2 Å². The molecule has 190 valence electrons. The van der Waals surface area contributed by atoms with Crippen LogP contribution >= 0.6 is 11.3 Å². The number of nitrogens with one attached hydrogen (secondary N) is 3. The van der Waals surface area contributed by atoms with E-state index in [0.717, 1.165) is 16.0 Å². The van der Waals surface area contributed by atoms with E-state index in [0.29, 0.717) is 51.3 Å². The fourth-order valence-electron chi connectivity index (χ4n) is 4.44. The Bertz CT molecular complexity index is 1800. The number of amides is 1. The summed E-state index contributed by atoms with van der Waals surface area (Å²) in [7, 11) is 0. The summed E-state index contributed by atoms with van der Waals surface area (Å²) < 4.78 is 15.2. The number of benzene rings is 1. The van der Waals surface area contributed by atoms with Gasteiger partial charge in [-0.2, -0.15) is 5.10 Å². The first-order valence-electron chi connectivity index (χ1n) is 12.1. The van der Waals surface area contributed by atoms with Crippen LogP contribution in [0.1, 0.15) is 27.2 Å². The molecular weight excluding hydrogens is 501 g/mol. The number of hydrogen-bond donors (Lipinski definition) is 3. The van der Waals surface area contributed by atoms with Crippen molar-refractivity contribution in [3.8, 4) is 33.1 Å². The number of rotatable bonds is 5. The molecule has 0 radical (unpaired) electrons. The summed E-state index contributed by atoms with van der Waals surface area (Å²) in [5.41, 5.74) is 4.72. The number of halogens is 1. The molecule has 10 heteroatoms. The van der Waals surface area contributed by atoms with E-state index in [4.69, 9.17) is 0 Å². The van der Waals surface area contributed by atoms with Gasteiger partial charge in [-0.05, 0) is 35.1 Å². The second-order valence-electron chi connectivity index (χ2n) is 10.3. The van der Waals surface area contributed by atoms with Crippen molar-refractivity contribution in [1.29, 1.82) is 0 Å². The molecule has 8 nitrogen and oxygen atoms in total. The number of nitrogens with zero attached hydrogens (tertiary/aromatic N) is 4. The van der Waals surface area contributed by atoms with E-state index in [2.05, 4.69) is 35.5 Å². The van der Waals surface area contributed by atoms with Crippen molar-refractivity contribution in [2.75, 3.05) is 5.32 Å². The predicted octanol–water partition coefficient (Wildman–Crippen LogP) is 6.81. The third-order valence-electron chi connectivity index (χ3n) is 6.08. The Morgan fingerprint density at radius 1 is 1.13 bits per heavy atom. The first-order chi connectivity index (χ1) is 18.2. The molecule has 5 aromatic heterocycles. The van der Waals surface area contributed by atoms with Crippen LogP contribution in [0, 0.1) is 11.2 Å². The minimum absolute atomic E-state index is 0.120. The summed E-state index contributed by atoms with van der Waals surface area (Å²) in [6.07, 6.45) is 5.22. The molecule has 0 aliphatic carbocycles. The summed E-state index contributed by atoms with van der Waals surface area (Å²) in [6, 6.07) is 10.8. The largest absolute Gasteiger partial charge is 0.335 e. The van der Waals surface area contributed by atoms with E-state index in [1.54, 1.807) is 42.1 Å². The predicted molar refractivity (Wildman–Crippen MR) is 148 cm³/mol. The van der Waals surface area contributed by atoms with E-state index in [-0.39, 0.29) is 11.3 Å². The molecule has 38 heavy (non-hydrogen) atoms. The number of aromatic nitrogens is 6. The smallest absolute Gasteiger partial charge is 0.224 e. The lowest BCUT2D eigenvalue weighted by atomic mass is 9.92. The maximum absolute atomic E-state index is 15.2. The van der Waals surface area contributed by atoms with Crippen molar-refractivity contribution in [3.05, 3.63) is 66.2 Å². The fraction of sp³-hybridized carbons (Fsp3) is 0.179. The lowest BCUT2D eigenvalue weighted by Crippen LogP contribution is -2.19. The van der Waals surface area contributed by atoms with Gasteiger partial charge in [-0.15, -0.1) is 11.3 Å². The molecule has 0 spiro atoms. The van der Waals surface area contributed by atoms with Gasteiger partial charge in [0.15, 0.2) is 11.5 Å². The lowest BCUT2D eigenvalue weighted by Gasteiger charge is -2.17. The van der Waals surface area contributed by atoms with Crippen molar-refractivity contribution >= 4 is 45.0 Å². The highest BCUT2D eigenvalue weighted by Crippen LogP contribution is 2.35. The second-order valence-corrected chi connectivity index (χ2v) is 11.3. The first kappa shape index (κ1) is 23.9. The lowest BCUT2D eigenvalue weighted by molar-refractivity contribution is -0.117. The number of thiophene rings is 1. The Balaban J connectivity index is 1.39. The quantitative estimate of drug-likeness (QED) is 0.229. The van der Waals surface area contributed by atoms with Gasteiger partial charge in [0.25, 0.3) is 0 Å². The number of H-pyrrole nitrogens is 2. The summed E-state index contributed by atoms with van der Waals surface area (Å²) in [5.74, 6) is -0.0227. The van der Waals surface area contributed by atoms with E-state index in [1.807, 2.05) is 44.4 Å². The number of anilines is 1. The van der Waals surface area contributed by atoms with Gasteiger partial charge in [0.2, 0.25) is 5.91 Å². The molecule has 1 amide bonds. The van der Waals surface area contributed by atoms with E-state index >= 15 is 4.39 Å². The number of carbonyl (C=O) groups excluding carboxylic acids is 1. The van der Waals surface area contributed by atoms with Gasteiger partial charge in [-0.1, -0.05) is 26.8 Å². The zero-order valence-corrected chi connectivity index (χ0v) is 21.8. The van der Waals surface area contributed by atoms with Crippen molar-refractivity contribution in [3.63, 3.8) is 0 Å². The van der Waals surface area contributed by atoms with Crippen LogP contribution in [0.5, 0.6) is 0 Å². The average Bonchev–Trinajstić information content (AvgIpc) is 3.61. The summed E-state index contributed by atoms with van der Waals surface area (Å²) >= 11 is 1.64. The minimum Gasteiger partial charge on any atom is -0.335 e. The molecule has 6 rings (SSSR count). The van der Waals surface area contributed by atoms with Crippen LogP contribution in [-0.4, -0.2) is 36.0 Å². The molecular formula is C28H24FN7OS. The van der Waals surface area contributed by atoms with Crippen LogP contribution in [0.15, 0.2) is 60.4 Å². The number of carbonyl (C=O) groups is 1. The standard InChI is InChI=1S/C28H24FN7OS/c1-28(2,3)12-23(37)32-16-9-15(13-30-14-16)18-10-19-21(11-20(18)29)35-36-25(19)27-33-24-17(22-5-4-8-38-22)6-7-31-26(24)34-27/h4-11,13-14H,12H2,1-3H3,(H,32,37)(H,35,36)(H,31,33,34). The van der Waals surface area contributed by atoms with E-state index in [9.17, 15) is 4.79 Å². The van der Waals surface area contributed by atoms with Gasteiger partial charge in [-0.25, -0.2) is 14.4 Å². The minimum atomic E-state index is -0.432. The molecule has 0 unspecified atom stereocenters. The van der Waals surface area contributed by atoms with Gasteiger partial charge in [0.1, 0.15) is 11.5 Å². The Labute approximate surface area is 221 Å². The molecule has 3 N–H and O–H groups in total. The molecule has 0 fully saturated rings. The number of hydrogen-bond acceptors (Lipinski definition) is 6. The number of aromatic amines is 2. The van der Waals surface area contributed by atoms with Gasteiger partial charge in [0.05, 0.1) is 22.9 Å². The van der Waals surface area contributed by atoms with Crippen LogP contribution in [0.2, 0.25) is 0 Å². The summed E-state index contributed by atoms with van der Waals surface area (Å²) in [5, 5.41) is 12.9. The van der Waals surface area contributed by atoms with Gasteiger partial charge in [0, 0.05) is 51.8 Å². The summed E-state index contributed by atoms with van der Waals surface area (Å²) in [6.45, 7) is 5.99. The highest BCUT2D eigenvalue weighted by molar-refractivity contribution is 7.13. The van der Waals surface area contributed by atoms with Crippen LogP contribution in [-0.2, 0) is 4.79 Å². The van der Waals surface area contributed by atoms with Gasteiger partial charge < -0.3 is 10.3 Å². The van der Waals surface area contributed by atoms with Gasteiger partial charge >= 0.3 is 0 Å². The van der Waals surface area contributed by atoms with Crippen molar-refractivity contribution in [2.24, 2.45) is 5.41 Å². The average molecular weight is 526 g/mol. The molecule has 0 saturated heterocycles. The van der Waals surface area contributed by atoms with E-state index in [1.165, 1.54) is 6.07 Å². The SMILES string of the molecule is CC(C)(C)CC(=O)Nc1cncc(-c2cc3c(-c4nc5nccc(-c6cccs6)c5[nH]4)n[nH]c3cc2F)c1. The first-order valence-corrected chi connectivity index (χ1v) is 12.9. The second kappa shape index (κ2) is 9.14. The van der Waals surface area contributed by atoms with Crippen LogP contribution < -0.4 is 5.32 Å². The number of imidazole rings is 1. The highest BCUT2D eigenvalue weighted by atomic mass is 32.1. The normalized spacial score (nSPS) is 11.9. The molecule has 0 bridgehead atoms. The molecule has 0 atom stereocenters. The zero-order valence-electron chi connectivity index (χ0n) is 21.0. The molecule has 0 aliphatic rings. The molecule has 1 aromatic carbocycles. The van der Waals surface area contributed by atoms with Crippen LogP contribution in [0.3, 0.4) is 0 Å². The molecule has 6 aromatic rings. The fourth-order valence-corrected chi connectivity index (χ4v) is 5.20. The van der Waals surface area contributed by atoms with E-state index < -0.39 is 5.82 Å². The molecule has 5 heterocycles.